The fourth-order valence-electron chi connectivity index (χ4n) is 4.07. The van der Waals surface area contributed by atoms with Crippen LogP contribution in [0.5, 0.6) is 5.75 Å². The molecule has 3 aromatic carbocycles. The van der Waals surface area contributed by atoms with Crippen LogP contribution in [0.2, 0.25) is 0 Å². The molecule has 5 heteroatoms. The highest BCUT2D eigenvalue weighted by molar-refractivity contribution is 5.61. The SMILES string of the molecule is Cc1ccc(Cc2nc3c(CCc4ccccc4)[nH]c(-c4ccc(O)cc4)cn-3c2=O)cc1. The number of phenolic OH excluding ortho intramolecular Hbond substituents is 1. The highest BCUT2D eigenvalue weighted by Crippen LogP contribution is 2.24. The Morgan fingerprint density at radius 1 is 0.879 bits per heavy atom. The first-order valence-electron chi connectivity index (χ1n) is 11.1. The molecule has 0 radical (unpaired) electrons. The molecule has 0 saturated carbocycles. The molecule has 33 heavy (non-hydrogen) atoms. The molecular formula is C28H25N3O2. The van der Waals surface area contributed by atoms with Crippen LogP contribution in [0.15, 0.2) is 89.9 Å². The number of phenols is 1. The number of nitrogens with zero attached hydrogens (tertiary/aromatic N) is 2. The Labute approximate surface area is 192 Å². The summed E-state index contributed by atoms with van der Waals surface area (Å²) in [4.78, 5) is 21.6. The summed E-state index contributed by atoms with van der Waals surface area (Å²) >= 11 is 0. The van der Waals surface area contributed by atoms with E-state index in [2.05, 4.69) is 29.2 Å². The molecule has 5 rings (SSSR count). The normalized spacial score (nSPS) is 11.2. The second-order valence-electron chi connectivity index (χ2n) is 8.40. The maximum absolute atomic E-state index is 13.3. The minimum Gasteiger partial charge on any atom is -0.508 e. The summed E-state index contributed by atoms with van der Waals surface area (Å²) in [6, 6.07) is 25.4. The molecule has 0 unspecified atom stereocenters. The zero-order chi connectivity index (χ0) is 22.8. The van der Waals surface area contributed by atoms with Gasteiger partial charge in [-0.2, -0.15) is 0 Å². The van der Waals surface area contributed by atoms with Crippen LogP contribution < -0.4 is 5.56 Å². The Hall–Kier alpha value is -4.12. The van der Waals surface area contributed by atoms with E-state index in [0.29, 0.717) is 17.9 Å². The number of H-pyrrole nitrogens is 1. The van der Waals surface area contributed by atoms with Gasteiger partial charge in [0.2, 0.25) is 0 Å². The highest BCUT2D eigenvalue weighted by atomic mass is 16.3. The van der Waals surface area contributed by atoms with E-state index in [4.69, 9.17) is 4.98 Å². The van der Waals surface area contributed by atoms with Crippen molar-refractivity contribution in [3.05, 3.63) is 123 Å². The predicted molar refractivity (Wildman–Crippen MR) is 130 cm³/mol. The van der Waals surface area contributed by atoms with E-state index in [0.717, 1.165) is 35.4 Å². The smallest absolute Gasteiger partial charge is 0.278 e. The summed E-state index contributed by atoms with van der Waals surface area (Å²) in [5.74, 6) is 0.872. The molecule has 2 aliphatic heterocycles. The maximum atomic E-state index is 13.3. The zero-order valence-corrected chi connectivity index (χ0v) is 18.5. The lowest BCUT2D eigenvalue weighted by Crippen LogP contribution is -2.18. The van der Waals surface area contributed by atoms with Crippen molar-refractivity contribution in [2.24, 2.45) is 0 Å². The molecule has 0 spiro atoms. The number of hydrogen-bond acceptors (Lipinski definition) is 3. The molecule has 0 bridgehead atoms. The van der Waals surface area contributed by atoms with Crippen molar-refractivity contribution in [1.29, 1.82) is 0 Å². The zero-order valence-electron chi connectivity index (χ0n) is 18.5. The molecule has 0 fully saturated rings. The van der Waals surface area contributed by atoms with Gasteiger partial charge in [-0.25, -0.2) is 4.98 Å². The van der Waals surface area contributed by atoms with Crippen molar-refractivity contribution in [2.45, 2.75) is 26.2 Å². The molecule has 3 aromatic rings. The quantitative estimate of drug-likeness (QED) is 0.392. The molecule has 0 aromatic heterocycles. The Bertz CT molecular complexity index is 1400. The van der Waals surface area contributed by atoms with Gasteiger partial charge in [-0.1, -0.05) is 60.2 Å². The van der Waals surface area contributed by atoms with Crippen molar-refractivity contribution in [3.63, 3.8) is 0 Å². The van der Waals surface area contributed by atoms with Crippen molar-refractivity contribution in [1.82, 2.24) is 14.5 Å². The van der Waals surface area contributed by atoms with Gasteiger partial charge in [0, 0.05) is 12.6 Å². The molecule has 0 aliphatic carbocycles. The largest absolute Gasteiger partial charge is 0.508 e. The molecule has 0 amide bonds. The van der Waals surface area contributed by atoms with E-state index in [1.807, 2.05) is 55.6 Å². The lowest BCUT2D eigenvalue weighted by Gasteiger charge is -2.13. The number of rotatable bonds is 6. The predicted octanol–water partition coefficient (Wildman–Crippen LogP) is 5.06. The summed E-state index contributed by atoms with van der Waals surface area (Å²) in [6.07, 6.45) is 3.86. The average Bonchev–Trinajstić information content (AvgIpc) is 3.15. The number of imidazole rings is 1. The van der Waals surface area contributed by atoms with E-state index in [1.54, 1.807) is 16.7 Å². The summed E-state index contributed by atoms with van der Waals surface area (Å²) in [6.45, 7) is 2.05. The van der Waals surface area contributed by atoms with Gasteiger partial charge in [-0.05, 0) is 60.7 Å². The molecule has 5 nitrogen and oxygen atoms in total. The molecular weight excluding hydrogens is 410 g/mol. The number of fused-ring (bicyclic) bond motifs is 1. The molecule has 2 aliphatic rings. The average molecular weight is 436 g/mol. The Balaban J connectivity index is 1.57. The number of hydrogen-bond donors (Lipinski definition) is 2. The van der Waals surface area contributed by atoms with Crippen molar-refractivity contribution >= 4 is 0 Å². The molecule has 0 saturated heterocycles. The van der Waals surface area contributed by atoms with Crippen LogP contribution in [0.4, 0.5) is 0 Å². The monoisotopic (exact) mass is 435 g/mol. The summed E-state index contributed by atoms with van der Waals surface area (Å²) < 4.78 is 1.66. The number of aromatic nitrogens is 3. The van der Waals surface area contributed by atoms with Crippen LogP contribution in [0.25, 0.3) is 17.1 Å². The second kappa shape index (κ2) is 8.79. The van der Waals surface area contributed by atoms with Gasteiger partial charge >= 0.3 is 0 Å². The Morgan fingerprint density at radius 3 is 2.33 bits per heavy atom. The Kier molecular flexibility index (Phi) is 5.53. The van der Waals surface area contributed by atoms with Crippen molar-refractivity contribution < 1.29 is 5.11 Å². The van der Waals surface area contributed by atoms with E-state index < -0.39 is 0 Å². The molecule has 2 N–H and O–H groups in total. The van der Waals surface area contributed by atoms with Crippen LogP contribution in [0.1, 0.15) is 28.1 Å². The van der Waals surface area contributed by atoms with E-state index >= 15 is 0 Å². The standard InChI is InChI=1S/C28H25N3O2/c1-19-7-9-21(10-8-19)17-25-28(33)31-18-26(22-12-14-23(32)15-13-22)29-24(27(31)30-25)16-11-20-5-3-2-4-6-20/h2-10,12-15,18,29,32H,11,16-17H2,1H3. The van der Waals surface area contributed by atoms with Gasteiger partial charge in [0.05, 0.1) is 11.4 Å². The minimum absolute atomic E-state index is 0.0967. The third-order valence-corrected chi connectivity index (χ3v) is 5.93. The first kappa shape index (κ1) is 20.8. The third kappa shape index (κ3) is 4.44. The van der Waals surface area contributed by atoms with Crippen molar-refractivity contribution in [2.75, 3.05) is 0 Å². The summed E-state index contributed by atoms with van der Waals surface area (Å²) in [5.41, 5.74) is 6.54. The number of aromatic hydroxyl groups is 1. The Morgan fingerprint density at radius 2 is 1.61 bits per heavy atom. The van der Waals surface area contributed by atoms with Crippen LogP contribution in [0, 0.1) is 6.92 Å². The topological polar surface area (TPSA) is 70.9 Å². The summed E-state index contributed by atoms with van der Waals surface area (Å²) in [7, 11) is 0. The summed E-state index contributed by atoms with van der Waals surface area (Å²) in [5, 5.41) is 9.67. The van der Waals surface area contributed by atoms with Gasteiger partial charge in [0.1, 0.15) is 11.4 Å². The first-order valence-corrected chi connectivity index (χ1v) is 11.1. The van der Waals surface area contributed by atoms with Gasteiger partial charge in [0.15, 0.2) is 5.82 Å². The lowest BCUT2D eigenvalue weighted by molar-refractivity contribution is 0.475. The number of benzene rings is 3. The molecule has 0 atom stereocenters. The number of nitrogens with one attached hydrogen (secondary N) is 1. The fourth-order valence-corrected chi connectivity index (χ4v) is 4.07. The third-order valence-electron chi connectivity index (χ3n) is 5.93. The number of aromatic amines is 1. The molecule has 2 heterocycles. The first-order chi connectivity index (χ1) is 16.1. The van der Waals surface area contributed by atoms with Gasteiger partial charge < -0.3 is 10.1 Å². The van der Waals surface area contributed by atoms with Crippen LogP contribution in [0.3, 0.4) is 0 Å². The fraction of sp³-hybridized carbons (Fsp3) is 0.143. The van der Waals surface area contributed by atoms with Crippen LogP contribution in [-0.2, 0) is 19.3 Å². The van der Waals surface area contributed by atoms with Gasteiger partial charge in [0.25, 0.3) is 5.56 Å². The maximum Gasteiger partial charge on any atom is 0.278 e. The van der Waals surface area contributed by atoms with E-state index in [-0.39, 0.29) is 11.3 Å². The second-order valence-corrected chi connectivity index (χ2v) is 8.40. The van der Waals surface area contributed by atoms with Gasteiger partial charge in [-0.3, -0.25) is 9.36 Å². The number of aryl methyl sites for hydroxylation is 3. The minimum atomic E-state index is -0.0967. The highest BCUT2D eigenvalue weighted by Gasteiger charge is 2.20. The van der Waals surface area contributed by atoms with Crippen LogP contribution >= 0.6 is 0 Å². The van der Waals surface area contributed by atoms with E-state index in [1.165, 1.54) is 11.1 Å². The lowest BCUT2D eigenvalue weighted by atomic mass is 10.1. The van der Waals surface area contributed by atoms with Gasteiger partial charge in [-0.15, -0.1) is 0 Å². The van der Waals surface area contributed by atoms with Crippen LogP contribution in [-0.4, -0.2) is 19.6 Å². The van der Waals surface area contributed by atoms with E-state index in [9.17, 15) is 9.90 Å². The molecule has 164 valence electrons. The van der Waals surface area contributed by atoms with Crippen molar-refractivity contribution in [3.8, 4) is 22.8 Å².